The highest BCUT2D eigenvalue weighted by Gasteiger charge is 2.10. The first-order chi connectivity index (χ1) is 8.19. The third kappa shape index (κ3) is 4.40. The molecule has 0 spiro atoms. The number of carbonyl (C=O) groups is 1. The van der Waals surface area contributed by atoms with Crippen LogP contribution in [0.15, 0.2) is 11.4 Å². The third-order valence-corrected chi connectivity index (χ3v) is 3.29. The predicted molar refractivity (Wildman–Crippen MR) is 66.5 cm³/mol. The summed E-state index contributed by atoms with van der Waals surface area (Å²) in [6.45, 7) is 3.58. The highest BCUT2D eigenvalue weighted by molar-refractivity contribution is 7.99. The first kappa shape index (κ1) is 14.1. The lowest BCUT2D eigenvalue weighted by Gasteiger charge is -2.09. The van der Waals surface area contributed by atoms with Crippen molar-refractivity contribution >= 4 is 17.7 Å². The second-order valence-corrected chi connectivity index (χ2v) is 4.51. The number of thioether (sulfide) groups is 1. The Hall–Kier alpha value is -1.01. The van der Waals surface area contributed by atoms with E-state index in [1.807, 2.05) is 6.20 Å². The van der Waals surface area contributed by atoms with Crippen LogP contribution in [0.3, 0.4) is 0 Å². The zero-order valence-electron chi connectivity index (χ0n) is 10.2. The molecule has 0 saturated heterocycles. The molecule has 0 fully saturated rings. The molecule has 0 radical (unpaired) electrons. The van der Waals surface area contributed by atoms with E-state index in [9.17, 15) is 4.79 Å². The van der Waals surface area contributed by atoms with Crippen molar-refractivity contribution in [3.63, 3.8) is 0 Å². The van der Waals surface area contributed by atoms with Gasteiger partial charge in [0, 0.05) is 32.2 Å². The number of hydrogen-bond acceptors (Lipinski definition) is 4. The van der Waals surface area contributed by atoms with Crippen molar-refractivity contribution < 1.29 is 14.6 Å². The summed E-state index contributed by atoms with van der Waals surface area (Å²) in [5.74, 6) is -0.774. The number of carboxylic acid groups (broad SMARTS) is 1. The van der Waals surface area contributed by atoms with Crippen molar-refractivity contribution in [2.75, 3.05) is 19.5 Å². The monoisotopic (exact) mass is 258 g/mol. The Kier molecular flexibility index (Phi) is 6.07. The molecule has 1 aromatic rings. The minimum Gasteiger partial charge on any atom is -0.481 e. The van der Waals surface area contributed by atoms with Crippen LogP contribution in [0, 0.1) is 0 Å². The SMILES string of the molecule is CCc1cnc(SCC(=O)O)n1CCCOC. The number of aliphatic carboxylic acids is 1. The molecule has 96 valence electrons. The van der Waals surface area contributed by atoms with Crippen LogP contribution in [0.2, 0.25) is 0 Å². The van der Waals surface area contributed by atoms with Gasteiger partial charge in [-0.15, -0.1) is 0 Å². The average molecular weight is 258 g/mol. The number of aromatic nitrogens is 2. The lowest BCUT2D eigenvalue weighted by atomic mass is 10.3. The van der Waals surface area contributed by atoms with Gasteiger partial charge in [-0.3, -0.25) is 4.79 Å². The number of ether oxygens (including phenoxy) is 1. The minimum absolute atomic E-state index is 0.0461. The fourth-order valence-electron chi connectivity index (χ4n) is 1.52. The average Bonchev–Trinajstić information content (AvgIpc) is 2.69. The molecule has 0 amide bonds. The molecular formula is C11H18N2O3S. The van der Waals surface area contributed by atoms with Gasteiger partial charge in [-0.1, -0.05) is 18.7 Å². The number of imidazole rings is 1. The maximum Gasteiger partial charge on any atom is 0.313 e. The summed E-state index contributed by atoms with van der Waals surface area (Å²) in [4.78, 5) is 14.8. The fraction of sp³-hybridized carbons (Fsp3) is 0.636. The number of methoxy groups -OCH3 is 1. The maximum absolute atomic E-state index is 10.5. The highest BCUT2D eigenvalue weighted by Crippen LogP contribution is 2.19. The molecule has 6 heteroatoms. The van der Waals surface area contributed by atoms with Gasteiger partial charge in [0.1, 0.15) is 0 Å². The van der Waals surface area contributed by atoms with Crippen LogP contribution in [-0.2, 0) is 22.5 Å². The van der Waals surface area contributed by atoms with Crippen LogP contribution in [0.4, 0.5) is 0 Å². The Morgan fingerprint density at radius 2 is 2.41 bits per heavy atom. The van der Waals surface area contributed by atoms with Crippen molar-refractivity contribution in [2.45, 2.75) is 31.5 Å². The normalized spacial score (nSPS) is 10.7. The molecule has 1 heterocycles. The maximum atomic E-state index is 10.5. The fourth-order valence-corrected chi connectivity index (χ4v) is 2.27. The summed E-state index contributed by atoms with van der Waals surface area (Å²) in [6.07, 6.45) is 3.62. The quantitative estimate of drug-likeness (QED) is 0.567. The van der Waals surface area contributed by atoms with Crippen molar-refractivity contribution in [3.05, 3.63) is 11.9 Å². The van der Waals surface area contributed by atoms with Crippen molar-refractivity contribution in [1.82, 2.24) is 9.55 Å². The van der Waals surface area contributed by atoms with Crippen LogP contribution in [0.5, 0.6) is 0 Å². The highest BCUT2D eigenvalue weighted by atomic mass is 32.2. The molecule has 0 aliphatic heterocycles. The lowest BCUT2D eigenvalue weighted by Crippen LogP contribution is -2.07. The second kappa shape index (κ2) is 7.34. The molecule has 1 rings (SSSR count). The molecule has 5 nitrogen and oxygen atoms in total. The largest absolute Gasteiger partial charge is 0.481 e. The number of aryl methyl sites for hydroxylation is 1. The van der Waals surface area contributed by atoms with Crippen LogP contribution >= 0.6 is 11.8 Å². The van der Waals surface area contributed by atoms with Gasteiger partial charge in [-0.05, 0) is 12.8 Å². The molecule has 0 aromatic carbocycles. The van der Waals surface area contributed by atoms with Gasteiger partial charge in [0.2, 0.25) is 0 Å². The van der Waals surface area contributed by atoms with E-state index in [-0.39, 0.29) is 5.75 Å². The molecule has 0 saturated carbocycles. The van der Waals surface area contributed by atoms with Gasteiger partial charge in [-0.2, -0.15) is 0 Å². The van der Waals surface area contributed by atoms with Crippen LogP contribution in [0.1, 0.15) is 19.0 Å². The van der Waals surface area contributed by atoms with Gasteiger partial charge in [-0.25, -0.2) is 4.98 Å². The molecule has 0 aliphatic carbocycles. The molecule has 1 aromatic heterocycles. The van der Waals surface area contributed by atoms with Gasteiger partial charge < -0.3 is 14.4 Å². The topological polar surface area (TPSA) is 64.3 Å². The molecule has 0 bridgehead atoms. The van der Waals surface area contributed by atoms with Crippen LogP contribution in [-0.4, -0.2) is 40.1 Å². The zero-order valence-corrected chi connectivity index (χ0v) is 11.0. The van der Waals surface area contributed by atoms with Gasteiger partial charge >= 0.3 is 5.97 Å². The van der Waals surface area contributed by atoms with Crippen LogP contribution < -0.4 is 0 Å². The van der Waals surface area contributed by atoms with Crippen molar-refractivity contribution in [2.24, 2.45) is 0 Å². The zero-order chi connectivity index (χ0) is 12.7. The molecule has 0 unspecified atom stereocenters. The number of rotatable bonds is 8. The molecule has 17 heavy (non-hydrogen) atoms. The standard InChI is InChI=1S/C11H18N2O3S/c1-3-9-7-12-11(17-8-10(14)15)13(9)5-4-6-16-2/h7H,3-6,8H2,1-2H3,(H,14,15). The van der Waals surface area contributed by atoms with E-state index in [1.165, 1.54) is 11.8 Å². The van der Waals surface area contributed by atoms with Crippen LogP contribution in [0.25, 0.3) is 0 Å². The van der Waals surface area contributed by atoms with Gasteiger partial charge in [0.15, 0.2) is 5.16 Å². The Balaban J connectivity index is 2.67. The second-order valence-electron chi connectivity index (χ2n) is 3.57. The Morgan fingerprint density at radius 1 is 1.65 bits per heavy atom. The molecule has 1 N–H and O–H groups in total. The summed E-state index contributed by atoms with van der Waals surface area (Å²) < 4.78 is 7.09. The van der Waals surface area contributed by atoms with Gasteiger partial charge in [0.25, 0.3) is 0 Å². The first-order valence-electron chi connectivity index (χ1n) is 5.57. The smallest absolute Gasteiger partial charge is 0.313 e. The summed E-state index contributed by atoms with van der Waals surface area (Å²) in [6, 6.07) is 0. The summed E-state index contributed by atoms with van der Waals surface area (Å²) >= 11 is 1.26. The van der Waals surface area contributed by atoms with E-state index in [4.69, 9.17) is 9.84 Å². The number of hydrogen-bond donors (Lipinski definition) is 1. The summed E-state index contributed by atoms with van der Waals surface area (Å²) in [7, 11) is 1.68. The first-order valence-corrected chi connectivity index (χ1v) is 6.55. The van der Waals surface area contributed by atoms with E-state index in [0.29, 0.717) is 6.61 Å². The number of nitrogens with zero attached hydrogens (tertiary/aromatic N) is 2. The van der Waals surface area contributed by atoms with Crippen molar-refractivity contribution in [3.8, 4) is 0 Å². The Labute approximate surface area is 105 Å². The Bertz CT molecular complexity index is 366. The minimum atomic E-state index is -0.820. The van der Waals surface area contributed by atoms with E-state index in [0.717, 1.165) is 30.2 Å². The van der Waals surface area contributed by atoms with E-state index < -0.39 is 5.97 Å². The van der Waals surface area contributed by atoms with E-state index in [2.05, 4.69) is 16.5 Å². The van der Waals surface area contributed by atoms with E-state index in [1.54, 1.807) is 7.11 Å². The molecular weight excluding hydrogens is 240 g/mol. The summed E-state index contributed by atoms with van der Waals surface area (Å²) in [5, 5.41) is 9.44. The Morgan fingerprint density at radius 3 is 3.00 bits per heavy atom. The van der Waals surface area contributed by atoms with Gasteiger partial charge in [0.05, 0.1) is 5.75 Å². The van der Waals surface area contributed by atoms with Crippen molar-refractivity contribution in [1.29, 1.82) is 0 Å². The summed E-state index contributed by atoms with van der Waals surface area (Å²) in [5.41, 5.74) is 1.13. The lowest BCUT2D eigenvalue weighted by molar-refractivity contribution is -0.133. The third-order valence-electron chi connectivity index (χ3n) is 2.32. The molecule has 0 atom stereocenters. The molecule has 0 aliphatic rings. The predicted octanol–water partition coefficient (Wildman–Crippen LogP) is 1.66. The number of carboxylic acids is 1. The van der Waals surface area contributed by atoms with E-state index >= 15 is 0 Å².